The Morgan fingerprint density at radius 1 is 1.10 bits per heavy atom. The zero-order valence-corrected chi connectivity index (χ0v) is 16.6. The Morgan fingerprint density at radius 2 is 1.86 bits per heavy atom. The van der Waals surface area contributed by atoms with Crippen molar-refractivity contribution in [1.29, 1.82) is 5.26 Å². The minimum atomic E-state index is -0.201. The van der Waals surface area contributed by atoms with Gasteiger partial charge in [0.2, 0.25) is 0 Å². The van der Waals surface area contributed by atoms with Crippen LogP contribution in [0.15, 0.2) is 53.3 Å². The highest BCUT2D eigenvalue weighted by Gasteiger charge is 2.31. The van der Waals surface area contributed by atoms with Crippen molar-refractivity contribution < 1.29 is 0 Å². The Balaban J connectivity index is 1.78. The molecule has 0 spiro atoms. The minimum absolute atomic E-state index is 0.201. The summed E-state index contributed by atoms with van der Waals surface area (Å²) in [6.07, 6.45) is 2.12. The molecule has 0 aliphatic heterocycles. The van der Waals surface area contributed by atoms with E-state index in [1.807, 2.05) is 6.07 Å². The van der Waals surface area contributed by atoms with Gasteiger partial charge in [-0.05, 0) is 37.1 Å². The molecule has 0 atom stereocenters. The monoisotopic (exact) mass is 420 g/mol. The number of hydrogen-bond acceptors (Lipinski definition) is 3. The molecule has 0 saturated heterocycles. The Morgan fingerprint density at radius 3 is 2.52 bits per heavy atom. The molecule has 0 radical (unpaired) electrons. The number of H-pyrrole nitrogens is 1. The molecule has 4 aromatic rings. The summed E-state index contributed by atoms with van der Waals surface area (Å²) in [7, 11) is 0. The van der Waals surface area contributed by atoms with E-state index in [2.05, 4.69) is 11.2 Å². The first kappa shape index (κ1) is 18.0. The lowest BCUT2D eigenvalue weighted by molar-refractivity contribution is 0.855. The number of rotatable bonds is 3. The van der Waals surface area contributed by atoms with Gasteiger partial charge < -0.3 is 0 Å². The fraction of sp³-hybridized carbons (Fsp3) is 0.136. The van der Waals surface area contributed by atoms with Gasteiger partial charge in [0.25, 0.3) is 5.56 Å². The van der Waals surface area contributed by atoms with E-state index < -0.39 is 0 Å². The van der Waals surface area contributed by atoms with Crippen LogP contribution in [0, 0.1) is 11.3 Å². The number of fused-ring (bicyclic) bond motifs is 1. The Hall–Kier alpha value is -3.07. The van der Waals surface area contributed by atoms with E-state index in [0.717, 1.165) is 35.2 Å². The largest absolute Gasteiger partial charge is 0.293 e. The zero-order valence-electron chi connectivity index (χ0n) is 15.1. The van der Waals surface area contributed by atoms with E-state index in [0.29, 0.717) is 32.9 Å². The first-order chi connectivity index (χ1) is 14.0. The number of benzene rings is 2. The fourth-order valence-corrected chi connectivity index (χ4v) is 4.05. The van der Waals surface area contributed by atoms with Gasteiger partial charge in [0.05, 0.1) is 22.3 Å². The van der Waals surface area contributed by atoms with Gasteiger partial charge in [-0.25, -0.2) is 9.50 Å². The molecule has 29 heavy (non-hydrogen) atoms. The normalized spacial score (nSPS) is 13.6. The summed E-state index contributed by atoms with van der Waals surface area (Å²) in [5, 5.41) is 13.3. The topological polar surface area (TPSA) is 73.9 Å². The Labute approximate surface area is 176 Å². The molecular weight excluding hydrogens is 407 g/mol. The number of nitrogens with zero attached hydrogens (tertiary/aromatic N) is 3. The van der Waals surface area contributed by atoms with E-state index in [4.69, 9.17) is 33.4 Å². The van der Waals surface area contributed by atoms with Crippen molar-refractivity contribution in [3.63, 3.8) is 0 Å². The fourth-order valence-electron chi connectivity index (χ4n) is 3.54. The van der Waals surface area contributed by atoms with Crippen molar-refractivity contribution in [3.05, 3.63) is 80.2 Å². The third-order valence-corrected chi connectivity index (χ3v) is 5.69. The highest BCUT2D eigenvalue weighted by atomic mass is 35.5. The Kier molecular flexibility index (Phi) is 4.20. The minimum Gasteiger partial charge on any atom is -0.293 e. The molecule has 7 heteroatoms. The summed E-state index contributed by atoms with van der Waals surface area (Å²) >= 11 is 12.6. The number of hydrogen-bond donors (Lipinski definition) is 1. The van der Waals surface area contributed by atoms with Gasteiger partial charge in [-0.1, -0.05) is 41.4 Å². The quantitative estimate of drug-likeness (QED) is 0.481. The molecule has 1 aliphatic carbocycles. The molecule has 1 fully saturated rings. The van der Waals surface area contributed by atoms with Crippen LogP contribution in [0.1, 0.15) is 30.0 Å². The third-order valence-electron chi connectivity index (χ3n) is 5.14. The molecule has 1 saturated carbocycles. The van der Waals surface area contributed by atoms with Gasteiger partial charge in [0, 0.05) is 39.4 Å². The molecule has 2 aromatic heterocycles. The summed E-state index contributed by atoms with van der Waals surface area (Å²) in [6, 6.07) is 15.9. The first-order valence-electron chi connectivity index (χ1n) is 9.17. The van der Waals surface area contributed by atoms with Crippen LogP contribution in [-0.2, 0) is 0 Å². The van der Waals surface area contributed by atoms with Crippen molar-refractivity contribution in [1.82, 2.24) is 14.6 Å². The van der Waals surface area contributed by atoms with Crippen molar-refractivity contribution in [2.24, 2.45) is 0 Å². The number of aromatic amines is 1. The second-order valence-electron chi connectivity index (χ2n) is 7.13. The second kappa shape index (κ2) is 6.77. The van der Waals surface area contributed by atoms with Gasteiger partial charge >= 0.3 is 0 Å². The summed E-state index contributed by atoms with van der Waals surface area (Å²) < 4.78 is 1.47. The molecule has 5 nitrogen and oxygen atoms in total. The predicted molar refractivity (Wildman–Crippen MR) is 113 cm³/mol. The molecule has 1 N–H and O–H groups in total. The smallest absolute Gasteiger partial charge is 0.273 e. The van der Waals surface area contributed by atoms with Crippen LogP contribution in [0.5, 0.6) is 0 Å². The molecule has 1 aliphatic rings. The SMILES string of the molecule is N#Cc1ccc(-c2cc(=O)n3[nH]c(C4CC4)c(-c4ccc(Cl)cc4Cl)c3n2)cc1. The average Bonchev–Trinajstić information content (AvgIpc) is 3.49. The standard InChI is InChI=1S/C22H14Cl2N4O/c23-15-7-8-16(17(24)9-15)20-21(14-5-6-14)27-28-19(29)10-18(26-22(20)28)13-3-1-12(11-25)2-4-13/h1-4,7-10,14,27H,5-6H2. The van der Waals surface area contributed by atoms with Crippen LogP contribution < -0.4 is 5.56 Å². The van der Waals surface area contributed by atoms with Gasteiger partial charge in [-0.3, -0.25) is 9.89 Å². The lowest BCUT2D eigenvalue weighted by atomic mass is 10.0. The number of halogens is 2. The first-order valence-corrected chi connectivity index (χ1v) is 9.92. The summed E-state index contributed by atoms with van der Waals surface area (Å²) in [5.41, 5.74) is 4.80. The van der Waals surface area contributed by atoms with Gasteiger partial charge in [0.15, 0.2) is 5.65 Å². The van der Waals surface area contributed by atoms with Crippen LogP contribution in [-0.4, -0.2) is 14.6 Å². The van der Waals surface area contributed by atoms with Crippen LogP contribution in [0.2, 0.25) is 10.0 Å². The number of aromatic nitrogens is 3. The van der Waals surface area contributed by atoms with E-state index in [1.54, 1.807) is 36.4 Å². The molecule has 5 rings (SSSR count). The zero-order chi connectivity index (χ0) is 20.1. The molecule has 0 amide bonds. The third kappa shape index (κ3) is 3.11. The molecule has 142 valence electrons. The maximum Gasteiger partial charge on any atom is 0.273 e. The summed E-state index contributed by atoms with van der Waals surface area (Å²) in [6.45, 7) is 0. The Bertz CT molecular complexity index is 1360. The lowest BCUT2D eigenvalue weighted by Gasteiger charge is -2.07. The van der Waals surface area contributed by atoms with Crippen LogP contribution >= 0.6 is 23.2 Å². The van der Waals surface area contributed by atoms with Gasteiger partial charge in [-0.2, -0.15) is 5.26 Å². The molecule has 0 unspecified atom stereocenters. The van der Waals surface area contributed by atoms with Crippen molar-refractivity contribution >= 4 is 28.8 Å². The van der Waals surface area contributed by atoms with Crippen molar-refractivity contribution in [3.8, 4) is 28.5 Å². The second-order valence-corrected chi connectivity index (χ2v) is 7.97. The van der Waals surface area contributed by atoms with E-state index in [1.165, 1.54) is 10.6 Å². The van der Waals surface area contributed by atoms with Crippen LogP contribution in [0.3, 0.4) is 0 Å². The molecular formula is C22H14Cl2N4O. The maximum atomic E-state index is 12.9. The average molecular weight is 421 g/mol. The lowest BCUT2D eigenvalue weighted by Crippen LogP contribution is -2.14. The summed E-state index contributed by atoms with van der Waals surface area (Å²) in [5.74, 6) is 0.358. The molecule has 2 heterocycles. The molecule has 2 aromatic carbocycles. The van der Waals surface area contributed by atoms with Crippen molar-refractivity contribution in [2.45, 2.75) is 18.8 Å². The maximum absolute atomic E-state index is 12.9. The van der Waals surface area contributed by atoms with Crippen LogP contribution in [0.4, 0.5) is 0 Å². The van der Waals surface area contributed by atoms with E-state index in [-0.39, 0.29) is 5.56 Å². The van der Waals surface area contributed by atoms with Gasteiger partial charge in [-0.15, -0.1) is 0 Å². The van der Waals surface area contributed by atoms with Gasteiger partial charge in [0.1, 0.15) is 0 Å². The van der Waals surface area contributed by atoms with E-state index in [9.17, 15) is 4.79 Å². The predicted octanol–water partition coefficient (Wildman–Crippen LogP) is 5.41. The highest BCUT2D eigenvalue weighted by Crippen LogP contribution is 2.46. The van der Waals surface area contributed by atoms with Crippen LogP contribution in [0.25, 0.3) is 28.0 Å². The number of nitriles is 1. The molecule has 0 bridgehead atoms. The van der Waals surface area contributed by atoms with Crippen molar-refractivity contribution in [2.75, 3.05) is 0 Å². The summed E-state index contributed by atoms with van der Waals surface area (Å²) in [4.78, 5) is 17.6. The number of nitrogens with one attached hydrogen (secondary N) is 1. The van der Waals surface area contributed by atoms with E-state index >= 15 is 0 Å². The highest BCUT2D eigenvalue weighted by molar-refractivity contribution is 6.36.